The van der Waals surface area contributed by atoms with E-state index < -0.39 is 14.6 Å². The van der Waals surface area contributed by atoms with Gasteiger partial charge in [-0.2, -0.15) is 0 Å². The smallest absolute Gasteiger partial charge is 0.907 e. The third-order valence-corrected chi connectivity index (χ3v) is 0. The summed E-state index contributed by atoms with van der Waals surface area (Å²) in [5, 5.41) is 50.5. The Morgan fingerprint density at radius 2 is 0.545 bits per heavy atom. The summed E-state index contributed by atoms with van der Waals surface area (Å²) in [6.45, 7) is 0. The molecule has 0 aliphatic rings. The van der Waals surface area contributed by atoms with Crippen LogP contribution in [0.2, 0.25) is 0 Å². The quantitative estimate of drug-likeness (QED) is 0.347. The second-order valence-electron chi connectivity index (χ2n) is 0.577. The van der Waals surface area contributed by atoms with Crippen LogP contribution in [0.4, 0.5) is 0 Å². The third-order valence-electron chi connectivity index (χ3n) is 0. The van der Waals surface area contributed by atoms with Crippen LogP contribution >= 0.6 is 0 Å². The Bertz CT molecular complexity index is 41.8. The van der Waals surface area contributed by atoms with Crippen molar-refractivity contribution < 1.29 is 123 Å². The van der Waals surface area contributed by atoms with Crippen LogP contribution in [0.25, 0.3) is 0 Å². The fourth-order valence-corrected chi connectivity index (χ4v) is 0. The Hall–Kier alpha value is 2.89. The van der Waals surface area contributed by atoms with Gasteiger partial charge in [-0.05, 0) is 0 Å². The predicted octanol–water partition coefficient (Wildman–Crippen LogP) is -16.5. The van der Waals surface area contributed by atoms with Gasteiger partial charge < -0.3 is 30.1 Å². The molecule has 0 aliphatic carbocycles. The van der Waals surface area contributed by atoms with E-state index in [9.17, 15) is 0 Å². The van der Waals surface area contributed by atoms with Crippen LogP contribution in [0, 0.1) is 0 Å². The summed E-state index contributed by atoms with van der Waals surface area (Å²) in [4.78, 5) is 0. The standard InChI is InChI=1S/2BO3.3Na/c2*2-1(3)4;;;/q2*-3;3*+1/p+3. The van der Waals surface area contributed by atoms with Gasteiger partial charge in [0.15, 0.2) is 0 Å². The van der Waals surface area contributed by atoms with E-state index in [0.717, 1.165) is 0 Å². The molecule has 0 radical (unpaired) electrons. The Morgan fingerprint density at radius 1 is 0.545 bits per heavy atom. The first-order chi connectivity index (χ1) is 3.46. The Morgan fingerprint density at radius 3 is 0.545 bits per heavy atom. The molecule has 0 amide bonds. The number of hydrogen-bond acceptors (Lipinski definition) is 6. The average Bonchev–Trinajstić information content (AvgIpc) is 1.25. The second-order valence-corrected chi connectivity index (χ2v) is 0.577. The third kappa shape index (κ3) is 183. The van der Waals surface area contributed by atoms with Gasteiger partial charge in [-0.1, -0.05) is 0 Å². The van der Waals surface area contributed by atoms with E-state index in [1.807, 2.05) is 0 Å². The van der Waals surface area contributed by atoms with Crippen molar-refractivity contribution in [2.24, 2.45) is 0 Å². The topological polar surface area (TPSA) is 138 Å². The van der Waals surface area contributed by atoms with Crippen molar-refractivity contribution >= 4 is 14.6 Å². The molecule has 0 aromatic rings. The van der Waals surface area contributed by atoms with Gasteiger partial charge in [0.1, 0.15) is 0 Å². The summed E-state index contributed by atoms with van der Waals surface area (Å²) in [5.74, 6) is 0. The fraction of sp³-hybridized carbons (Fsp3) is 0. The molecular formula is H3B2Na3O6. The van der Waals surface area contributed by atoms with Crippen molar-refractivity contribution in [3.63, 3.8) is 0 Å². The van der Waals surface area contributed by atoms with Crippen molar-refractivity contribution in [3.8, 4) is 0 Å². The van der Waals surface area contributed by atoms with E-state index in [2.05, 4.69) is 0 Å². The van der Waals surface area contributed by atoms with Crippen LogP contribution < -0.4 is 119 Å². The molecule has 11 heteroatoms. The average molecular weight is 190 g/mol. The van der Waals surface area contributed by atoms with Gasteiger partial charge in [0, 0.05) is 0 Å². The van der Waals surface area contributed by atoms with E-state index in [1.165, 1.54) is 0 Å². The number of hydrogen-bond donors (Lipinski definition) is 0. The van der Waals surface area contributed by atoms with Crippen molar-refractivity contribution in [1.82, 2.24) is 0 Å². The minimum absolute atomic E-state index is 0. The largest absolute Gasteiger partial charge is 1.00 e. The van der Waals surface area contributed by atoms with Crippen molar-refractivity contribution in [2.75, 3.05) is 0 Å². The normalized spacial score (nSPS) is 4.91. The van der Waals surface area contributed by atoms with Crippen LogP contribution in [-0.4, -0.2) is 14.6 Å². The van der Waals surface area contributed by atoms with Crippen LogP contribution in [0.5, 0.6) is 0 Å². The molecule has 0 N–H and O–H groups in total. The van der Waals surface area contributed by atoms with E-state index in [-0.39, 0.29) is 93.0 Å². The van der Waals surface area contributed by atoms with Crippen LogP contribution in [0.3, 0.4) is 0 Å². The predicted molar refractivity (Wildman–Crippen MR) is 14.8 cm³/mol. The maximum Gasteiger partial charge on any atom is 1.00 e. The zero-order chi connectivity index (χ0) is 7.15. The molecule has 0 aromatic heterocycles. The molecule has 0 atom stereocenters. The molecule has 0 spiro atoms. The fourth-order valence-electron chi connectivity index (χ4n) is 0. The molecule has 0 aliphatic heterocycles. The molecule has 11 heavy (non-hydrogen) atoms. The van der Waals surface area contributed by atoms with Crippen molar-refractivity contribution in [2.45, 2.75) is 0 Å². The molecular weight excluding hydrogens is 187 g/mol. The zero-order valence-corrected chi connectivity index (χ0v) is 12.6. The molecule has 0 fully saturated rings. The van der Waals surface area contributed by atoms with E-state index in [0.29, 0.717) is 0 Å². The maximum atomic E-state index is 8.42. The van der Waals surface area contributed by atoms with E-state index in [4.69, 9.17) is 30.1 Å². The number of rotatable bonds is 0. The summed E-state index contributed by atoms with van der Waals surface area (Å²) < 4.78 is 0. The molecule has 0 rings (SSSR count). The molecule has 0 bridgehead atoms. The van der Waals surface area contributed by atoms with Gasteiger partial charge in [-0.25, -0.2) is 0 Å². The molecule has 0 heterocycles. The van der Waals surface area contributed by atoms with Gasteiger partial charge in [-0.15, -0.1) is 0 Å². The summed E-state index contributed by atoms with van der Waals surface area (Å²) in [5.41, 5.74) is 0. The van der Waals surface area contributed by atoms with E-state index in [1.54, 1.807) is 0 Å². The van der Waals surface area contributed by atoms with Gasteiger partial charge in [0.2, 0.25) is 0 Å². The molecule has 6 nitrogen and oxygen atoms in total. The maximum absolute atomic E-state index is 8.42. The summed E-state index contributed by atoms with van der Waals surface area (Å²) in [6, 6.07) is 0. The SMILES string of the molecule is [H+].[H+].[H+].[Na+].[Na+].[Na+].[O-]B([O-])[O-].[O-]B([O-])[O-]. The molecule has 0 unspecified atom stereocenters. The van der Waals surface area contributed by atoms with Crippen LogP contribution in [0.15, 0.2) is 0 Å². The molecule has 0 saturated heterocycles. The summed E-state index contributed by atoms with van der Waals surface area (Å²) in [7, 11) is -5.83. The van der Waals surface area contributed by atoms with Crippen LogP contribution in [0.1, 0.15) is 4.28 Å². The van der Waals surface area contributed by atoms with Gasteiger partial charge >= 0.3 is 93.0 Å². The van der Waals surface area contributed by atoms with E-state index >= 15 is 0 Å². The molecule has 48 valence electrons. The Balaban J connectivity index is -0.00000000600. The second kappa shape index (κ2) is 23.1. The van der Waals surface area contributed by atoms with Gasteiger partial charge in [-0.3, -0.25) is 14.6 Å². The minimum Gasteiger partial charge on any atom is -0.907 e. The van der Waals surface area contributed by atoms with Gasteiger partial charge in [0.05, 0.1) is 0 Å². The Labute approximate surface area is 136 Å². The molecule has 0 aromatic carbocycles. The van der Waals surface area contributed by atoms with Gasteiger partial charge in [0.25, 0.3) is 0 Å². The molecule has 0 saturated carbocycles. The first-order valence-electron chi connectivity index (χ1n) is 1.41. The Kier molecular flexibility index (Phi) is 61.2. The summed E-state index contributed by atoms with van der Waals surface area (Å²) >= 11 is 0. The van der Waals surface area contributed by atoms with Crippen LogP contribution in [-0.2, 0) is 0 Å². The monoisotopic (exact) mass is 190 g/mol. The van der Waals surface area contributed by atoms with Crippen molar-refractivity contribution in [3.05, 3.63) is 0 Å². The first-order valence-corrected chi connectivity index (χ1v) is 1.41. The zero-order valence-electron chi connectivity index (χ0n) is 9.60. The van der Waals surface area contributed by atoms with Crippen molar-refractivity contribution in [1.29, 1.82) is 0 Å². The summed E-state index contributed by atoms with van der Waals surface area (Å²) in [6.07, 6.45) is 0. The minimum atomic E-state index is -2.92. The first kappa shape index (κ1) is 29.2.